The van der Waals surface area contributed by atoms with Gasteiger partial charge in [-0.2, -0.15) is 0 Å². The van der Waals surface area contributed by atoms with Crippen LogP contribution >= 0.6 is 0 Å². The van der Waals surface area contributed by atoms with Crippen molar-refractivity contribution < 1.29 is 58.5 Å². The zero-order valence-electron chi connectivity index (χ0n) is 19.5. The maximum Gasteiger partial charge on any atom is 1.00 e. The van der Waals surface area contributed by atoms with Gasteiger partial charge in [0.2, 0.25) is 0 Å². The van der Waals surface area contributed by atoms with Crippen LogP contribution in [0, 0.1) is 11.6 Å². The first kappa shape index (κ1) is 28.1. The van der Waals surface area contributed by atoms with Crippen LogP contribution < -0.4 is 34.7 Å². The van der Waals surface area contributed by atoms with Gasteiger partial charge in [-0.05, 0) is 61.4 Å². The van der Waals surface area contributed by atoms with Gasteiger partial charge in [0.25, 0.3) is 0 Å². The van der Waals surface area contributed by atoms with Crippen LogP contribution in [-0.2, 0) is 11.3 Å². The van der Waals surface area contributed by atoms with Crippen molar-refractivity contribution in [2.45, 2.75) is 57.8 Å². The van der Waals surface area contributed by atoms with Crippen molar-refractivity contribution in [1.29, 1.82) is 0 Å². The summed E-state index contributed by atoms with van der Waals surface area (Å²) in [5.41, 5.74) is 2.72. The summed E-state index contributed by atoms with van der Waals surface area (Å²) in [6, 6.07) is 11.9. The van der Waals surface area contributed by atoms with E-state index in [4.69, 9.17) is 4.98 Å². The summed E-state index contributed by atoms with van der Waals surface area (Å²) in [6.45, 7) is 4.27. The molecule has 0 unspecified atom stereocenters. The van der Waals surface area contributed by atoms with Gasteiger partial charge in [0.05, 0.1) is 23.6 Å². The minimum atomic E-state index is -1.38. The second-order valence-electron chi connectivity index (χ2n) is 8.40. The average Bonchev–Trinajstić information content (AvgIpc) is 3.12. The third-order valence-electron chi connectivity index (χ3n) is 5.38. The predicted octanol–water partition coefficient (Wildman–Crippen LogP) is 0.265. The fourth-order valence-electron chi connectivity index (χ4n) is 3.83. The maximum atomic E-state index is 13.6. The summed E-state index contributed by atoms with van der Waals surface area (Å²) in [4.78, 5) is 15.5. The molecule has 0 aliphatic heterocycles. The number of benzene rings is 2. The molecular weight excluding hydrogens is 453 g/mol. The maximum absolute atomic E-state index is 13.6. The van der Waals surface area contributed by atoms with E-state index in [-0.39, 0.29) is 60.0 Å². The Morgan fingerprint density at radius 3 is 2.00 bits per heavy atom. The molecule has 3 rings (SSSR count). The number of carboxylic acid groups (broad SMARTS) is 1. The van der Waals surface area contributed by atoms with E-state index < -0.39 is 24.6 Å². The molecule has 0 radical (unpaired) electrons. The molecule has 1 aromatic heterocycles. The van der Waals surface area contributed by atoms with Crippen LogP contribution in [0.1, 0.15) is 44.9 Å². The summed E-state index contributed by atoms with van der Waals surface area (Å²) in [5.74, 6) is -1.39. The standard InChI is InChI=1S/C25H28F2N2O4.Na/c1-15(2)25-28-23(16-3-7-18(26)8-4-16)24(17-5-9-19(27)10-6-17)29(25)12-11-20(30)13-21(31)14-22(32)33;/h3-10,15,20-21,30-31H,11-14H2,1-2H3,(H,32,33);/q;+1/p-1/t20-,21-;/m1./s1. The minimum absolute atomic E-state index is 0. The van der Waals surface area contributed by atoms with E-state index in [1.807, 2.05) is 18.4 Å². The van der Waals surface area contributed by atoms with Crippen LogP contribution in [-0.4, -0.2) is 37.9 Å². The summed E-state index contributed by atoms with van der Waals surface area (Å²) >= 11 is 0. The van der Waals surface area contributed by atoms with E-state index in [0.717, 1.165) is 5.82 Å². The topological polar surface area (TPSA) is 98.4 Å². The van der Waals surface area contributed by atoms with Gasteiger partial charge in [-0.25, -0.2) is 13.8 Å². The quantitative estimate of drug-likeness (QED) is 0.406. The Labute approximate surface area is 219 Å². The third-order valence-corrected chi connectivity index (χ3v) is 5.38. The molecule has 2 aromatic carbocycles. The third kappa shape index (κ3) is 7.20. The molecule has 34 heavy (non-hydrogen) atoms. The molecule has 9 heteroatoms. The van der Waals surface area contributed by atoms with Crippen LogP contribution in [0.25, 0.3) is 22.5 Å². The zero-order valence-corrected chi connectivity index (χ0v) is 21.5. The molecule has 2 atom stereocenters. The Balaban J connectivity index is 0.00000408. The molecule has 0 bridgehead atoms. The fourth-order valence-corrected chi connectivity index (χ4v) is 3.83. The number of nitrogens with zero attached hydrogens (tertiary/aromatic N) is 2. The van der Waals surface area contributed by atoms with Crippen LogP contribution in [0.3, 0.4) is 0 Å². The van der Waals surface area contributed by atoms with Crippen molar-refractivity contribution in [2.75, 3.05) is 0 Å². The number of carboxylic acids is 1. The number of aliphatic carboxylic acids is 1. The second kappa shape index (κ2) is 12.6. The smallest absolute Gasteiger partial charge is 0.550 e. The molecule has 6 nitrogen and oxygen atoms in total. The number of carbonyl (C=O) groups excluding carboxylic acids is 1. The van der Waals surface area contributed by atoms with Gasteiger partial charge in [-0.3, -0.25) is 0 Å². The number of aliphatic hydroxyl groups excluding tert-OH is 2. The van der Waals surface area contributed by atoms with E-state index in [1.165, 1.54) is 24.3 Å². The summed E-state index contributed by atoms with van der Waals surface area (Å²) in [5, 5.41) is 30.8. The van der Waals surface area contributed by atoms with E-state index >= 15 is 0 Å². The van der Waals surface area contributed by atoms with Gasteiger partial charge < -0.3 is 24.7 Å². The minimum Gasteiger partial charge on any atom is -0.550 e. The molecule has 0 aliphatic rings. The number of carbonyl (C=O) groups is 1. The molecule has 0 spiro atoms. The van der Waals surface area contributed by atoms with Gasteiger partial charge in [0, 0.05) is 36.0 Å². The van der Waals surface area contributed by atoms with Gasteiger partial charge in [-0.15, -0.1) is 0 Å². The number of hydrogen-bond acceptors (Lipinski definition) is 5. The summed E-state index contributed by atoms with van der Waals surface area (Å²) < 4.78 is 29.1. The molecule has 176 valence electrons. The monoisotopic (exact) mass is 480 g/mol. The predicted molar refractivity (Wildman–Crippen MR) is 118 cm³/mol. The summed E-state index contributed by atoms with van der Waals surface area (Å²) in [7, 11) is 0. The van der Waals surface area contributed by atoms with Crippen LogP contribution in [0.2, 0.25) is 0 Å². The van der Waals surface area contributed by atoms with Crippen LogP contribution in [0.15, 0.2) is 48.5 Å². The van der Waals surface area contributed by atoms with Crippen LogP contribution in [0.5, 0.6) is 0 Å². The number of aromatic nitrogens is 2. The van der Waals surface area contributed by atoms with Crippen molar-refractivity contribution in [3.05, 3.63) is 66.0 Å². The van der Waals surface area contributed by atoms with E-state index in [9.17, 15) is 28.9 Å². The molecule has 0 fully saturated rings. The SMILES string of the molecule is CC(C)c1nc(-c2ccc(F)cc2)c(-c2ccc(F)cc2)n1CC[C@@H](O)C[C@@H](O)CC(=O)[O-].[Na+]. The van der Waals surface area contributed by atoms with Crippen molar-refractivity contribution in [3.8, 4) is 22.5 Å². The average molecular weight is 480 g/mol. The first-order chi connectivity index (χ1) is 15.7. The summed E-state index contributed by atoms with van der Waals surface area (Å²) in [6.07, 6.45) is -2.57. The van der Waals surface area contributed by atoms with Gasteiger partial charge in [-0.1, -0.05) is 13.8 Å². The van der Waals surface area contributed by atoms with E-state index in [0.29, 0.717) is 29.1 Å². The number of hydrogen-bond donors (Lipinski definition) is 2. The zero-order chi connectivity index (χ0) is 24.1. The number of aliphatic hydroxyl groups is 2. The Morgan fingerprint density at radius 2 is 1.50 bits per heavy atom. The van der Waals surface area contributed by atoms with Crippen LogP contribution in [0.4, 0.5) is 8.78 Å². The van der Waals surface area contributed by atoms with E-state index in [1.54, 1.807) is 24.3 Å². The number of halogens is 2. The first-order valence-electron chi connectivity index (χ1n) is 10.8. The normalized spacial score (nSPS) is 12.9. The fraction of sp³-hybridized carbons (Fsp3) is 0.360. The molecule has 0 saturated carbocycles. The molecule has 0 saturated heterocycles. The van der Waals surface area contributed by atoms with Gasteiger partial charge >= 0.3 is 29.6 Å². The molecule has 3 aromatic rings. The van der Waals surface area contributed by atoms with E-state index in [2.05, 4.69) is 0 Å². The largest absolute Gasteiger partial charge is 1.00 e. The molecule has 0 amide bonds. The molecule has 0 aliphatic carbocycles. The molecule has 2 N–H and O–H groups in total. The number of rotatable bonds is 10. The first-order valence-corrected chi connectivity index (χ1v) is 10.8. The van der Waals surface area contributed by atoms with Crippen molar-refractivity contribution in [1.82, 2.24) is 9.55 Å². The molecular formula is C25H27F2N2NaO4. The van der Waals surface area contributed by atoms with Crippen molar-refractivity contribution in [3.63, 3.8) is 0 Å². The van der Waals surface area contributed by atoms with Crippen molar-refractivity contribution in [2.24, 2.45) is 0 Å². The van der Waals surface area contributed by atoms with Gasteiger partial charge in [0.1, 0.15) is 17.5 Å². The van der Waals surface area contributed by atoms with Gasteiger partial charge in [0.15, 0.2) is 0 Å². The Morgan fingerprint density at radius 1 is 0.971 bits per heavy atom. The number of imidazole rings is 1. The van der Waals surface area contributed by atoms with Crippen molar-refractivity contribution >= 4 is 5.97 Å². The Hall–Kier alpha value is -2.10. The Bertz CT molecular complexity index is 1090. The molecule has 1 heterocycles. The second-order valence-corrected chi connectivity index (χ2v) is 8.40. The Kier molecular flexibility index (Phi) is 10.4.